The summed E-state index contributed by atoms with van der Waals surface area (Å²) >= 11 is 11.3. The molecule has 22 heavy (non-hydrogen) atoms. The summed E-state index contributed by atoms with van der Waals surface area (Å²) in [6, 6.07) is 12.4. The number of anilines is 4. The summed E-state index contributed by atoms with van der Waals surface area (Å²) in [5.41, 5.74) is 8.40. The molecule has 2 aromatic rings. The molecule has 0 fully saturated rings. The van der Waals surface area contributed by atoms with Crippen molar-refractivity contribution in [3.63, 3.8) is 0 Å². The highest BCUT2D eigenvalue weighted by Crippen LogP contribution is 2.25. The van der Waals surface area contributed by atoms with Gasteiger partial charge in [-0.1, -0.05) is 11.6 Å². The van der Waals surface area contributed by atoms with Crippen LogP contribution in [0.2, 0.25) is 5.02 Å². The number of carbonyl (C=O) groups excluding carboxylic acids is 1. The van der Waals surface area contributed by atoms with Crippen LogP contribution >= 0.6 is 23.8 Å². The first-order valence-corrected chi connectivity index (χ1v) is 7.23. The van der Waals surface area contributed by atoms with E-state index < -0.39 is 0 Å². The fourth-order valence-electron chi connectivity index (χ4n) is 1.74. The van der Waals surface area contributed by atoms with Crippen LogP contribution in [0, 0.1) is 0 Å². The number of hydrogen-bond donors (Lipinski definition) is 4. The van der Waals surface area contributed by atoms with Crippen LogP contribution in [0.5, 0.6) is 0 Å². The minimum absolute atomic E-state index is 0.178. The second-order valence-electron chi connectivity index (χ2n) is 4.58. The number of thiocarbonyl (C=S) groups is 1. The summed E-state index contributed by atoms with van der Waals surface area (Å²) in [5, 5.41) is 9.54. The lowest BCUT2D eigenvalue weighted by Gasteiger charge is -2.12. The molecule has 0 saturated heterocycles. The molecule has 0 spiro atoms. The second-order valence-corrected chi connectivity index (χ2v) is 5.39. The van der Waals surface area contributed by atoms with Crippen LogP contribution in [-0.4, -0.2) is 11.0 Å². The lowest BCUT2D eigenvalue weighted by atomic mass is 10.2. The predicted molar refractivity (Wildman–Crippen MR) is 96.5 cm³/mol. The standard InChI is InChI=1S/C15H15ClN4OS/c1-9(21)18-14-7-6-12(8-13(14)16)20-15(22)19-11-4-2-10(17)3-5-11/h2-8H,17H2,1H3,(H,18,21)(H2,19,20,22). The SMILES string of the molecule is CC(=O)Nc1ccc(NC(=S)Nc2ccc(N)cc2)cc1Cl. The van der Waals surface area contributed by atoms with Gasteiger partial charge in [0.1, 0.15) is 0 Å². The fourth-order valence-corrected chi connectivity index (χ4v) is 2.21. The molecule has 0 heterocycles. The monoisotopic (exact) mass is 334 g/mol. The average Bonchev–Trinajstić information content (AvgIpc) is 2.44. The van der Waals surface area contributed by atoms with Gasteiger partial charge in [-0.15, -0.1) is 0 Å². The van der Waals surface area contributed by atoms with E-state index in [4.69, 9.17) is 29.6 Å². The van der Waals surface area contributed by atoms with Gasteiger partial charge in [0, 0.05) is 24.0 Å². The van der Waals surface area contributed by atoms with Crippen molar-refractivity contribution < 1.29 is 4.79 Å². The van der Waals surface area contributed by atoms with E-state index in [1.165, 1.54) is 6.92 Å². The summed E-state index contributed by atoms with van der Waals surface area (Å²) < 4.78 is 0. The van der Waals surface area contributed by atoms with Crippen molar-refractivity contribution >= 4 is 57.6 Å². The molecule has 0 unspecified atom stereocenters. The van der Waals surface area contributed by atoms with Gasteiger partial charge in [0.2, 0.25) is 5.91 Å². The summed E-state index contributed by atoms with van der Waals surface area (Å²) in [7, 11) is 0. The molecule has 7 heteroatoms. The first-order valence-electron chi connectivity index (χ1n) is 6.45. The van der Waals surface area contributed by atoms with Crippen LogP contribution < -0.4 is 21.7 Å². The van der Waals surface area contributed by atoms with Crippen LogP contribution in [0.1, 0.15) is 6.92 Å². The van der Waals surface area contributed by atoms with Crippen LogP contribution in [0.4, 0.5) is 22.7 Å². The third kappa shape index (κ3) is 4.61. The number of halogens is 1. The van der Waals surface area contributed by atoms with Gasteiger partial charge in [0.25, 0.3) is 0 Å². The Labute approximate surface area is 138 Å². The number of carbonyl (C=O) groups is 1. The first kappa shape index (κ1) is 16.1. The number of rotatable bonds is 3. The zero-order valence-corrected chi connectivity index (χ0v) is 13.4. The maximum Gasteiger partial charge on any atom is 0.221 e. The molecule has 0 atom stereocenters. The molecule has 5 N–H and O–H groups in total. The Hall–Kier alpha value is -2.31. The van der Waals surface area contributed by atoms with E-state index in [0.717, 1.165) is 5.69 Å². The molecule has 0 aliphatic rings. The van der Waals surface area contributed by atoms with E-state index in [2.05, 4.69) is 16.0 Å². The number of nitrogen functional groups attached to an aromatic ring is 1. The second kappa shape index (κ2) is 7.11. The van der Waals surface area contributed by atoms with Crippen LogP contribution in [0.25, 0.3) is 0 Å². The minimum atomic E-state index is -0.178. The van der Waals surface area contributed by atoms with Gasteiger partial charge in [0.15, 0.2) is 5.11 Å². The third-order valence-corrected chi connectivity index (χ3v) is 3.22. The summed E-state index contributed by atoms with van der Waals surface area (Å²) in [4.78, 5) is 11.0. The van der Waals surface area contributed by atoms with Crippen molar-refractivity contribution in [2.24, 2.45) is 0 Å². The molecule has 0 radical (unpaired) electrons. The van der Waals surface area contributed by atoms with E-state index in [1.807, 2.05) is 12.1 Å². The van der Waals surface area contributed by atoms with E-state index in [-0.39, 0.29) is 5.91 Å². The zero-order valence-electron chi connectivity index (χ0n) is 11.8. The van der Waals surface area contributed by atoms with Gasteiger partial charge in [-0.2, -0.15) is 0 Å². The van der Waals surface area contributed by atoms with Crippen molar-refractivity contribution in [2.75, 3.05) is 21.7 Å². The number of hydrogen-bond acceptors (Lipinski definition) is 3. The van der Waals surface area contributed by atoms with Crippen molar-refractivity contribution in [1.82, 2.24) is 0 Å². The highest BCUT2D eigenvalue weighted by molar-refractivity contribution is 7.80. The molecular formula is C15H15ClN4OS. The molecule has 0 aliphatic carbocycles. The maximum absolute atomic E-state index is 11.0. The van der Waals surface area contributed by atoms with Gasteiger partial charge in [-0.05, 0) is 54.7 Å². The third-order valence-electron chi connectivity index (χ3n) is 2.71. The van der Waals surface area contributed by atoms with E-state index >= 15 is 0 Å². The maximum atomic E-state index is 11.0. The van der Waals surface area contributed by atoms with Crippen molar-refractivity contribution in [3.8, 4) is 0 Å². The van der Waals surface area contributed by atoms with Gasteiger partial charge in [-0.3, -0.25) is 4.79 Å². The highest BCUT2D eigenvalue weighted by atomic mass is 35.5. The molecular weight excluding hydrogens is 320 g/mol. The summed E-state index contributed by atoms with van der Waals surface area (Å²) in [6.07, 6.45) is 0. The van der Waals surface area contributed by atoms with E-state index in [1.54, 1.807) is 30.3 Å². The number of benzene rings is 2. The summed E-state index contributed by atoms with van der Waals surface area (Å²) in [5.74, 6) is -0.178. The Morgan fingerprint density at radius 1 is 1.05 bits per heavy atom. The van der Waals surface area contributed by atoms with E-state index in [9.17, 15) is 4.79 Å². The molecule has 0 aromatic heterocycles. The molecule has 114 valence electrons. The predicted octanol–water partition coefficient (Wildman–Crippen LogP) is 3.69. The molecule has 5 nitrogen and oxygen atoms in total. The van der Waals surface area contributed by atoms with Crippen molar-refractivity contribution in [2.45, 2.75) is 6.92 Å². The topological polar surface area (TPSA) is 79.2 Å². The molecule has 0 saturated carbocycles. The van der Waals surface area contributed by atoms with E-state index in [0.29, 0.717) is 27.2 Å². The number of nitrogens with one attached hydrogen (secondary N) is 3. The molecule has 2 aromatic carbocycles. The van der Waals surface area contributed by atoms with Gasteiger partial charge < -0.3 is 21.7 Å². The molecule has 1 amide bonds. The largest absolute Gasteiger partial charge is 0.399 e. The molecule has 2 rings (SSSR count). The zero-order chi connectivity index (χ0) is 16.1. The minimum Gasteiger partial charge on any atom is -0.399 e. The van der Waals surface area contributed by atoms with Crippen LogP contribution in [0.3, 0.4) is 0 Å². The van der Waals surface area contributed by atoms with Crippen molar-refractivity contribution in [1.29, 1.82) is 0 Å². The number of nitrogens with two attached hydrogens (primary N) is 1. The first-order chi connectivity index (χ1) is 10.4. The smallest absolute Gasteiger partial charge is 0.221 e. The fraction of sp³-hybridized carbons (Fsp3) is 0.0667. The van der Waals surface area contributed by atoms with Crippen LogP contribution in [-0.2, 0) is 4.79 Å². The Morgan fingerprint density at radius 3 is 2.23 bits per heavy atom. The lowest BCUT2D eigenvalue weighted by molar-refractivity contribution is -0.114. The average molecular weight is 335 g/mol. The normalized spacial score (nSPS) is 9.91. The Bertz CT molecular complexity index is 703. The van der Waals surface area contributed by atoms with Gasteiger partial charge >= 0.3 is 0 Å². The van der Waals surface area contributed by atoms with Crippen LogP contribution in [0.15, 0.2) is 42.5 Å². The highest BCUT2D eigenvalue weighted by Gasteiger charge is 2.05. The van der Waals surface area contributed by atoms with Crippen molar-refractivity contribution in [3.05, 3.63) is 47.5 Å². The lowest BCUT2D eigenvalue weighted by Crippen LogP contribution is -2.19. The Morgan fingerprint density at radius 2 is 1.64 bits per heavy atom. The Balaban J connectivity index is 2.01. The molecule has 0 aliphatic heterocycles. The quantitative estimate of drug-likeness (QED) is 0.508. The number of amides is 1. The molecule has 0 bridgehead atoms. The Kier molecular flexibility index (Phi) is 5.19. The van der Waals surface area contributed by atoms with Gasteiger partial charge in [0.05, 0.1) is 10.7 Å². The summed E-state index contributed by atoms with van der Waals surface area (Å²) in [6.45, 7) is 1.42. The van der Waals surface area contributed by atoms with Gasteiger partial charge in [-0.25, -0.2) is 0 Å².